The largest absolute Gasteiger partial charge is 0.461 e. The molecule has 1 aromatic rings. The molecular weight excluding hydrogens is 280 g/mol. The van der Waals surface area contributed by atoms with Gasteiger partial charge in [0.2, 0.25) is 11.9 Å². The predicted molar refractivity (Wildman–Crippen MR) is 80.9 cm³/mol. The van der Waals surface area contributed by atoms with Crippen molar-refractivity contribution < 1.29 is 9.84 Å². The highest BCUT2D eigenvalue weighted by molar-refractivity contribution is 7.99. The summed E-state index contributed by atoms with van der Waals surface area (Å²) in [7, 11) is 0. The first-order valence-electron chi connectivity index (χ1n) is 6.29. The summed E-state index contributed by atoms with van der Waals surface area (Å²) in [6.07, 6.45) is 1.89. The predicted octanol–water partition coefficient (Wildman–Crippen LogP) is 0.469. The maximum atomic E-state index is 9.28. The quantitative estimate of drug-likeness (QED) is 0.401. The standard InChI is InChI=1S/C11H22N6O2S/c1-6(2)19-11-15-9(14-10(16-11)17-12)13-7(3)8(5-18)20-4/h6-8,18H,5,12H2,1-4H3,(H2,13,14,15,16,17). The van der Waals surface area contributed by atoms with Gasteiger partial charge >= 0.3 is 6.01 Å². The number of nitrogens with two attached hydrogens (primary N) is 1. The molecule has 0 aliphatic rings. The number of nitrogen functional groups attached to an aromatic ring is 1. The summed E-state index contributed by atoms with van der Waals surface area (Å²) < 4.78 is 5.44. The zero-order valence-electron chi connectivity index (χ0n) is 12.1. The van der Waals surface area contributed by atoms with Crippen LogP contribution < -0.4 is 21.3 Å². The summed E-state index contributed by atoms with van der Waals surface area (Å²) in [4.78, 5) is 12.3. The van der Waals surface area contributed by atoms with Crippen LogP contribution in [0.4, 0.5) is 11.9 Å². The minimum absolute atomic E-state index is 0.0186. The van der Waals surface area contributed by atoms with Crippen molar-refractivity contribution in [3.8, 4) is 6.01 Å². The molecule has 20 heavy (non-hydrogen) atoms. The van der Waals surface area contributed by atoms with Crippen LogP contribution in [0.15, 0.2) is 0 Å². The number of aromatic nitrogens is 3. The normalized spacial score (nSPS) is 13.9. The molecule has 2 unspecified atom stereocenters. The molecule has 114 valence electrons. The van der Waals surface area contributed by atoms with Crippen molar-refractivity contribution in [2.24, 2.45) is 5.84 Å². The minimum Gasteiger partial charge on any atom is -0.461 e. The van der Waals surface area contributed by atoms with Crippen LogP contribution in [0.3, 0.4) is 0 Å². The number of rotatable bonds is 8. The van der Waals surface area contributed by atoms with Crippen LogP contribution in [0.1, 0.15) is 20.8 Å². The molecule has 0 aromatic carbocycles. The molecule has 1 rings (SSSR count). The van der Waals surface area contributed by atoms with E-state index in [1.165, 1.54) is 0 Å². The van der Waals surface area contributed by atoms with Gasteiger partial charge in [0, 0.05) is 11.3 Å². The van der Waals surface area contributed by atoms with E-state index >= 15 is 0 Å². The van der Waals surface area contributed by atoms with E-state index in [4.69, 9.17) is 10.6 Å². The van der Waals surface area contributed by atoms with Gasteiger partial charge in [0.15, 0.2) is 0 Å². The monoisotopic (exact) mass is 302 g/mol. The summed E-state index contributed by atoms with van der Waals surface area (Å²) in [5, 5.41) is 12.4. The Morgan fingerprint density at radius 3 is 2.40 bits per heavy atom. The van der Waals surface area contributed by atoms with E-state index in [2.05, 4.69) is 25.7 Å². The number of anilines is 2. The van der Waals surface area contributed by atoms with E-state index in [0.717, 1.165) is 0 Å². The molecule has 0 radical (unpaired) electrons. The number of aliphatic hydroxyl groups is 1. The molecule has 0 bridgehead atoms. The van der Waals surface area contributed by atoms with E-state index in [1.807, 2.05) is 27.0 Å². The molecule has 5 N–H and O–H groups in total. The fourth-order valence-corrected chi connectivity index (χ4v) is 2.11. The van der Waals surface area contributed by atoms with Gasteiger partial charge in [0.1, 0.15) is 0 Å². The van der Waals surface area contributed by atoms with Crippen LogP contribution in [0.5, 0.6) is 6.01 Å². The first-order chi connectivity index (χ1) is 9.49. The van der Waals surface area contributed by atoms with Crippen molar-refractivity contribution in [1.29, 1.82) is 0 Å². The molecule has 0 saturated heterocycles. The Morgan fingerprint density at radius 1 is 1.25 bits per heavy atom. The summed E-state index contributed by atoms with van der Waals surface area (Å²) >= 11 is 1.57. The van der Waals surface area contributed by atoms with E-state index < -0.39 is 0 Å². The summed E-state index contributed by atoms with van der Waals surface area (Å²) in [6.45, 7) is 5.77. The van der Waals surface area contributed by atoms with Crippen LogP contribution in [-0.4, -0.2) is 50.3 Å². The van der Waals surface area contributed by atoms with E-state index in [1.54, 1.807) is 11.8 Å². The first-order valence-corrected chi connectivity index (χ1v) is 7.58. The Labute approximate surface area is 122 Å². The fraction of sp³-hybridized carbons (Fsp3) is 0.727. The highest BCUT2D eigenvalue weighted by atomic mass is 32.2. The maximum absolute atomic E-state index is 9.28. The van der Waals surface area contributed by atoms with E-state index in [-0.39, 0.29) is 36.0 Å². The third kappa shape index (κ3) is 4.99. The molecule has 0 fully saturated rings. The van der Waals surface area contributed by atoms with Gasteiger partial charge in [-0.05, 0) is 27.0 Å². The van der Waals surface area contributed by atoms with Crippen molar-refractivity contribution in [3.05, 3.63) is 0 Å². The topological polar surface area (TPSA) is 118 Å². The average Bonchev–Trinajstić information content (AvgIpc) is 2.38. The molecular formula is C11H22N6O2S. The van der Waals surface area contributed by atoms with Gasteiger partial charge in [-0.2, -0.15) is 26.7 Å². The molecule has 1 heterocycles. The third-order valence-corrected chi connectivity index (χ3v) is 3.65. The first kappa shape index (κ1) is 16.7. The number of ether oxygens (including phenoxy) is 1. The molecule has 1 aromatic heterocycles. The second-order valence-corrected chi connectivity index (χ2v) is 5.54. The van der Waals surface area contributed by atoms with Crippen molar-refractivity contribution in [1.82, 2.24) is 15.0 Å². The highest BCUT2D eigenvalue weighted by Gasteiger charge is 2.17. The molecule has 9 heteroatoms. The van der Waals surface area contributed by atoms with Crippen LogP contribution in [0.2, 0.25) is 0 Å². The molecule has 0 aliphatic carbocycles. The van der Waals surface area contributed by atoms with Crippen LogP contribution in [0.25, 0.3) is 0 Å². The van der Waals surface area contributed by atoms with Gasteiger partial charge in [-0.25, -0.2) is 5.84 Å². The average molecular weight is 302 g/mol. The molecule has 2 atom stereocenters. The molecule has 0 spiro atoms. The van der Waals surface area contributed by atoms with Crippen LogP contribution in [-0.2, 0) is 0 Å². The number of hydrazine groups is 1. The van der Waals surface area contributed by atoms with Gasteiger partial charge in [0.05, 0.1) is 12.7 Å². The lowest BCUT2D eigenvalue weighted by molar-refractivity contribution is 0.222. The zero-order valence-corrected chi connectivity index (χ0v) is 12.9. The molecule has 0 saturated carbocycles. The van der Waals surface area contributed by atoms with Gasteiger partial charge in [-0.3, -0.25) is 5.43 Å². The number of hydrogen-bond donors (Lipinski definition) is 4. The van der Waals surface area contributed by atoms with Crippen molar-refractivity contribution in [3.63, 3.8) is 0 Å². The second kappa shape index (κ2) is 8.08. The second-order valence-electron chi connectivity index (χ2n) is 4.47. The van der Waals surface area contributed by atoms with E-state index in [0.29, 0.717) is 5.95 Å². The fourth-order valence-electron chi connectivity index (χ4n) is 1.48. The molecule has 8 nitrogen and oxygen atoms in total. The number of nitrogens with zero attached hydrogens (tertiary/aromatic N) is 3. The summed E-state index contributed by atoms with van der Waals surface area (Å²) in [6, 6.07) is 0.178. The van der Waals surface area contributed by atoms with Gasteiger partial charge in [-0.1, -0.05) is 0 Å². The number of hydrogen-bond acceptors (Lipinski definition) is 9. The van der Waals surface area contributed by atoms with Crippen molar-refractivity contribution in [2.75, 3.05) is 23.6 Å². The Balaban J connectivity index is 2.87. The lowest BCUT2D eigenvalue weighted by atomic mass is 10.2. The SMILES string of the molecule is CSC(CO)C(C)Nc1nc(NN)nc(OC(C)C)n1. The smallest absolute Gasteiger partial charge is 0.323 e. The Bertz CT molecular complexity index is 416. The lowest BCUT2D eigenvalue weighted by Crippen LogP contribution is -2.32. The summed E-state index contributed by atoms with van der Waals surface area (Å²) in [5.41, 5.74) is 2.37. The van der Waals surface area contributed by atoms with Gasteiger partial charge in [0.25, 0.3) is 0 Å². The van der Waals surface area contributed by atoms with Gasteiger partial charge in [-0.15, -0.1) is 0 Å². The maximum Gasteiger partial charge on any atom is 0.323 e. The summed E-state index contributed by atoms with van der Waals surface area (Å²) in [5.74, 6) is 5.90. The Kier molecular flexibility index (Phi) is 6.76. The van der Waals surface area contributed by atoms with Crippen molar-refractivity contribution in [2.45, 2.75) is 38.2 Å². The zero-order chi connectivity index (χ0) is 15.1. The number of nitrogens with one attached hydrogen (secondary N) is 2. The van der Waals surface area contributed by atoms with Gasteiger partial charge < -0.3 is 15.2 Å². The van der Waals surface area contributed by atoms with E-state index in [9.17, 15) is 5.11 Å². The molecule has 0 amide bonds. The number of thioether (sulfide) groups is 1. The number of aliphatic hydroxyl groups excluding tert-OH is 1. The lowest BCUT2D eigenvalue weighted by Gasteiger charge is -2.21. The highest BCUT2D eigenvalue weighted by Crippen LogP contribution is 2.16. The Hall–Kier alpha value is -1.32. The van der Waals surface area contributed by atoms with Crippen molar-refractivity contribution >= 4 is 23.7 Å². The minimum atomic E-state index is -0.0512. The molecule has 0 aliphatic heterocycles. The Morgan fingerprint density at radius 2 is 1.90 bits per heavy atom. The van der Waals surface area contributed by atoms with Crippen LogP contribution in [0, 0.1) is 0 Å². The third-order valence-electron chi connectivity index (χ3n) is 2.48. The van der Waals surface area contributed by atoms with Crippen LogP contribution >= 0.6 is 11.8 Å².